The van der Waals surface area contributed by atoms with E-state index in [1.54, 1.807) is 0 Å². The fourth-order valence-electron chi connectivity index (χ4n) is 3.45. The second-order valence-electron chi connectivity index (χ2n) is 7.14. The largest absolute Gasteiger partial charge is 0.343 e. The highest BCUT2D eigenvalue weighted by Crippen LogP contribution is 2.24. The molecule has 2 aromatic carbocycles. The van der Waals surface area contributed by atoms with E-state index in [0.717, 1.165) is 29.2 Å². The quantitative estimate of drug-likeness (QED) is 0.858. The van der Waals surface area contributed by atoms with Crippen molar-refractivity contribution in [2.75, 3.05) is 20.1 Å². The number of fused-ring (bicyclic) bond motifs is 1. The third-order valence-electron chi connectivity index (χ3n) is 5.27. The number of carbonyl (C=O) groups excluding carboxylic acids is 2. The van der Waals surface area contributed by atoms with E-state index in [-0.39, 0.29) is 23.8 Å². The molecule has 0 saturated carbocycles. The summed E-state index contributed by atoms with van der Waals surface area (Å²) in [5.41, 5.74) is 0.752. The number of nitrogens with zero attached hydrogens (tertiary/aromatic N) is 2. The van der Waals surface area contributed by atoms with E-state index >= 15 is 0 Å². The lowest BCUT2D eigenvalue weighted by molar-refractivity contribution is -0.137. The monoisotopic (exact) mass is 338 g/mol. The molecule has 4 heteroatoms. The number of amides is 2. The summed E-state index contributed by atoms with van der Waals surface area (Å²) in [4.78, 5) is 29.1. The average molecular weight is 338 g/mol. The van der Waals surface area contributed by atoms with Crippen molar-refractivity contribution in [3.63, 3.8) is 0 Å². The number of piperidine rings is 1. The molecule has 0 spiro atoms. The van der Waals surface area contributed by atoms with Crippen LogP contribution in [0, 0.1) is 5.92 Å². The molecular formula is C21H26N2O2. The summed E-state index contributed by atoms with van der Waals surface area (Å²) in [7, 11) is 1.86. The van der Waals surface area contributed by atoms with E-state index < -0.39 is 0 Å². The Morgan fingerprint density at radius 3 is 2.36 bits per heavy atom. The van der Waals surface area contributed by atoms with Gasteiger partial charge in [0.25, 0.3) is 5.91 Å². The van der Waals surface area contributed by atoms with Gasteiger partial charge in [-0.3, -0.25) is 9.59 Å². The van der Waals surface area contributed by atoms with Crippen molar-refractivity contribution in [2.24, 2.45) is 5.92 Å². The van der Waals surface area contributed by atoms with Crippen molar-refractivity contribution in [2.45, 2.75) is 32.7 Å². The normalized spacial score (nSPS) is 15.6. The van der Waals surface area contributed by atoms with Gasteiger partial charge in [-0.15, -0.1) is 0 Å². The van der Waals surface area contributed by atoms with Crippen LogP contribution in [-0.2, 0) is 4.79 Å². The highest BCUT2D eigenvalue weighted by molar-refractivity contribution is 6.07. The molecule has 25 heavy (non-hydrogen) atoms. The Kier molecular flexibility index (Phi) is 5.07. The van der Waals surface area contributed by atoms with Crippen molar-refractivity contribution in [3.05, 3.63) is 48.0 Å². The number of hydrogen-bond acceptors (Lipinski definition) is 2. The van der Waals surface area contributed by atoms with Crippen LogP contribution in [0.15, 0.2) is 42.5 Å². The molecule has 0 bridgehead atoms. The third kappa shape index (κ3) is 3.53. The Hall–Kier alpha value is -2.36. The maximum Gasteiger partial charge on any atom is 0.254 e. The van der Waals surface area contributed by atoms with Crippen LogP contribution in [0.2, 0.25) is 0 Å². The first-order valence-corrected chi connectivity index (χ1v) is 9.02. The Bertz CT molecular complexity index is 771. The first-order valence-electron chi connectivity index (χ1n) is 9.02. The average Bonchev–Trinajstić information content (AvgIpc) is 2.65. The zero-order valence-electron chi connectivity index (χ0n) is 15.2. The highest BCUT2D eigenvalue weighted by Gasteiger charge is 2.30. The van der Waals surface area contributed by atoms with Crippen molar-refractivity contribution < 1.29 is 9.59 Å². The van der Waals surface area contributed by atoms with Crippen molar-refractivity contribution in [1.29, 1.82) is 0 Å². The lowest BCUT2D eigenvalue weighted by atomic mass is 9.94. The number of rotatable bonds is 3. The lowest BCUT2D eigenvalue weighted by Crippen LogP contribution is -2.45. The molecule has 2 aromatic rings. The number of benzene rings is 2. The first-order chi connectivity index (χ1) is 12.0. The van der Waals surface area contributed by atoms with Crippen LogP contribution >= 0.6 is 0 Å². The fourth-order valence-corrected chi connectivity index (χ4v) is 3.45. The predicted octanol–water partition coefficient (Wildman–Crippen LogP) is 3.56. The Morgan fingerprint density at radius 2 is 1.68 bits per heavy atom. The molecule has 0 aromatic heterocycles. The molecule has 0 aliphatic carbocycles. The van der Waals surface area contributed by atoms with Gasteiger partial charge in [0, 0.05) is 37.7 Å². The zero-order valence-corrected chi connectivity index (χ0v) is 15.2. The molecule has 0 unspecified atom stereocenters. The fraction of sp³-hybridized carbons (Fsp3) is 0.429. The van der Waals surface area contributed by atoms with Gasteiger partial charge in [0.05, 0.1) is 0 Å². The number of hydrogen-bond donors (Lipinski definition) is 0. The molecule has 1 aliphatic heterocycles. The molecule has 2 amide bonds. The van der Waals surface area contributed by atoms with Crippen LogP contribution in [0.1, 0.15) is 37.0 Å². The van der Waals surface area contributed by atoms with Gasteiger partial charge in [-0.05, 0) is 43.5 Å². The molecule has 0 atom stereocenters. The molecule has 1 saturated heterocycles. The SMILES string of the molecule is CC(C)N(C)C(=O)C1CCN(C(=O)c2cccc3ccccc23)CC1. The van der Waals surface area contributed by atoms with Gasteiger partial charge in [0.2, 0.25) is 5.91 Å². The van der Waals surface area contributed by atoms with Crippen LogP contribution in [-0.4, -0.2) is 47.8 Å². The molecule has 1 fully saturated rings. The van der Waals surface area contributed by atoms with Gasteiger partial charge in [-0.1, -0.05) is 36.4 Å². The van der Waals surface area contributed by atoms with Crippen molar-refractivity contribution >= 4 is 22.6 Å². The molecule has 0 N–H and O–H groups in total. The highest BCUT2D eigenvalue weighted by atomic mass is 16.2. The summed E-state index contributed by atoms with van der Waals surface area (Å²) in [6, 6.07) is 14.0. The van der Waals surface area contributed by atoms with Crippen LogP contribution in [0.4, 0.5) is 0 Å². The number of likely N-dealkylation sites (tertiary alicyclic amines) is 1. The van der Waals surface area contributed by atoms with E-state index in [1.807, 2.05) is 73.2 Å². The topological polar surface area (TPSA) is 40.6 Å². The summed E-state index contributed by atoms with van der Waals surface area (Å²) >= 11 is 0. The first kappa shape index (κ1) is 17.5. The zero-order chi connectivity index (χ0) is 18.0. The van der Waals surface area contributed by atoms with Gasteiger partial charge in [0.15, 0.2) is 0 Å². The van der Waals surface area contributed by atoms with E-state index in [2.05, 4.69) is 0 Å². The van der Waals surface area contributed by atoms with Gasteiger partial charge in [-0.25, -0.2) is 0 Å². The van der Waals surface area contributed by atoms with Gasteiger partial charge in [0.1, 0.15) is 0 Å². The van der Waals surface area contributed by atoms with E-state index in [4.69, 9.17) is 0 Å². The summed E-state index contributed by atoms with van der Waals surface area (Å²) in [5, 5.41) is 2.07. The molecule has 4 nitrogen and oxygen atoms in total. The van der Waals surface area contributed by atoms with Gasteiger partial charge in [-0.2, -0.15) is 0 Å². The second kappa shape index (κ2) is 7.26. The van der Waals surface area contributed by atoms with Crippen LogP contribution in [0.25, 0.3) is 10.8 Å². The second-order valence-corrected chi connectivity index (χ2v) is 7.14. The standard InChI is InChI=1S/C21H26N2O2/c1-15(2)22(3)20(24)17-11-13-23(14-12-17)21(25)19-10-6-8-16-7-4-5-9-18(16)19/h4-10,15,17H,11-14H2,1-3H3. The Balaban J connectivity index is 1.70. The maximum atomic E-state index is 13.0. The van der Waals surface area contributed by atoms with E-state index in [9.17, 15) is 9.59 Å². The minimum absolute atomic E-state index is 0.0315. The lowest BCUT2D eigenvalue weighted by Gasteiger charge is -2.34. The molecule has 3 rings (SSSR count). The van der Waals surface area contributed by atoms with E-state index in [0.29, 0.717) is 13.1 Å². The molecule has 1 heterocycles. The van der Waals surface area contributed by atoms with Gasteiger partial charge < -0.3 is 9.80 Å². The number of carbonyl (C=O) groups is 2. The van der Waals surface area contributed by atoms with Crippen LogP contribution < -0.4 is 0 Å². The smallest absolute Gasteiger partial charge is 0.254 e. The summed E-state index contributed by atoms with van der Waals surface area (Å²) in [6.45, 7) is 5.34. The summed E-state index contributed by atoms with van der Waals surface area (Å²) in [5.74, 6) is 0.302. The van der Waals surface area contributed by atoms with E-state index in [1.165, 1.54) is 0 Å². The van der Waals surface area contributed by atoms with Gasteiger partial charge >= 0.3 is 0 Å². The summed E-state index contributed by atoms with van der Waals surface area (Å²) in [6.07, 6.45) is 1.48. The minimum Gasteiger partial charge on any atom is -0.343 e. The minimum atomic E-state index is 0.0315. The van der Waals surface area contributed by atoms with Crippen LogP contribution in [0.5, 0.6) is 0 Å². The molecule has 1 aliphatic rings. The molecule has 132 valence electrons. The maximum absolute atomic E-state index is 13.0. The Labute approximate surface area is 149 Å². The predicted molar refractivity (Wildman–Crippen MR) is 100 cm³/mol. The van der Waals surface area contributed by atoms with Crippen molar-refractivity contribution in [1.82, 2.24) is 9.80 Å². The molecular weight excluding hydrogens is 312 g/mol. The summed E-state index contributed by atoms with van der Waals surface area (Å²) < 4.78 is 0. The Morgan fingerprint density at radius 1 is 1.04 bits per heavy atom. The van der Waals surface area contributed by atoms with Crippen LogP contribution in [0.3, 0.4) is 0 Å². The molecule has 0 radical (unpaired) electrons. The third-order valence-corrected chi connectivity index (χ3v) is 5.27. The van der Waals surface area contributed by atoms with Crippen molar-refractivity contribution in [3.8, 4) is 0 Å².